The lowest BCUT2D eigenvalue weighted by Crippen LogP contribution is -2.39. The van der Waals surface area contributed by atoms with Crippen LogP contribution in [-0.2, 0) is 22.6 Å². The smallest absolute Gasteiger partial charge is 0.416 e. The monoisotopic (exact) mass is 561 g/mol. The standard InChI is InChI=1S/C22H20Cl2F3N5O5/c23-14-6-4-12(5-7-14)19-30-32(21(36)31(19)9-17(33)22(25,26)27)10-18(34)29-16(11-37-20(28)35)13-2-1-3-15(24)8-13/h1-8,16-17,33H,9-11H2,(H2,28,35)(H,29,34)/t16-,17+/m1/s1. The predicted octanol–water partition coefficient (Wildman–Crippen LogP) is 2.89. The van der Waals surface area contributed by atoms with Crippen molar-refractivity contribution in [1.82, 2.24) is 19.7 Å². The van der Waals surface area contributed by atoms with Crippen LogP contribution in [0.3, 0.4) is 0 Å². The highest BCUT2D eigenvalue weighted by atomic mass is 35.5. The van der Waals surface area contributed by atoms with Gasteiger partial charge in [-0.05, 0) is 42.0 Å². The molecule has 0 unspecified atom stereocenters. The first kappa shape index (κ1) is 28.0. The van der Waals surface area contributed by atoms with Crippen LogP contribution < -0.4 is 16.7 Å². The third-order valence-electron chi connectivity index (χ3n) is 5.03. The summed E-state index contributed by atoms with van der Waals surface area (Å²) in [7, 11) is 0. The van der Waals surface area contributed by atoms with Crippen LogP contribution in [0.2, 0.25) is 10.0 Å². The lowest BCUT2D eigenvalue weighted by atomic mass is 10.1. The van der Waals surface area contributed by atoms with E-state index in [1.165, 1.54) is 30.3 Å². The van der Waals surface area contributed by atoms with E-state index in [9.17, 15) is 32.7 Å². The summed E-state index contributed by atoms with van der Waals surface area (Å²) in [5, 5.41) is 16.8. The van der Waals surface area contributed by atoms with Gasteiger partial charge in [0.2, 0.25) is 5.91 Å². The summed E-state index contributed by atoms with van der Waals surface area (Å²) < 4.78 is 45.1. The zero-order valence-electron chi connectivity index (χ0n) is 18.8. The Balaban J connectivity index is 1.91. The summed E-state index contributed by atoms with van der Waals surface area (Å²) in [5.41, 5.74) is 4.61. The quantitative estimate of drug-likeness (QED) is 0.366. The number of primary amides is 1. The van der Waals surface area contributed by atoms with Gasteiger partial charge in [0.05, 0.1) is 12.6 Å². The molecule has 0 saturated heterocycles. The molecule has 37 heavy (non-hydrogen) atoms. The zero-order valence-corrected chi connectivity index (χ0v) is 20.3. The summed E-state index contributed by atoms with van der Waals surface area (Å²) in [4.78, 5) is 36.8. The molecule has 3 rings (SSSR count). The van der Waals surface area contributed by atoms with Crippen LogP contribution in [0.15, 0.2) is 53.3 Å². The number of benzene rings is 2. The highest BCUT2D eigenvalue weighted by Gasteiger charge is 2.39. The van der Waals surface area contributed by atoms with Crippen LogP contribution in [0.4, 0.5) is 18.0 Å². The van der Waals surface area contributed by atoms with E-state index in [1.54, 1.807) is 18.2 Å². The lowest BCUT2D eigenvalue weighted by molar-refractivity contribution is -0.207. The highest BCUT2D eigenvalue weighted by Crippen LogP contribution is 2.24. The first-order chi connectivity index (χ1) is 17.3. The SMILES string of the molecule is NC(=O)OC[C@@H](NC(=O)Cn1nc(-c2ccc(Cl)cc2)n(C[C@H](O)C(F)(F)F)c1=O)c1cccc(Cl)c1. The maximum absolute atomic E-state index is 13.0. The van der Waals surface area contributed by atoms with Crippen molar-refractivity contribution in [2.24, 2.45) is 5.73 Å². The van der Waals surface area contributed by atoms with Crippen molar-refractivity contribution in [2.75, 3.05) is 6.61 Å². The number of aromatic nitrogens is 3. The molecular weight excluding hydrogens is 542 g/mol. The Kier molecular flexibility index (Phi) is 8.84. The minimum absolute atomic E-state index is 0.221. The molecule has 1 heterocycles. The van der Waals surface area contributed by atoms with E-state index in [0.29, 0.717) is 24.9 Å². The van der Waals surface area contributed by atoms with Crippen LogP contribution in [0.25, 0.3) is 11.4 Å². The van der Waals surface area contributed by atoms with Crippen LogP contribution in [0, 0.1) is 0 Å². The summed E-state index contributed by atoms with van der Waals surface area (Å²) in [6, 6.07) is 11.1. The number of nitrogens with zero attached hydrogens (tertiary/aromatic N) is 3. The van der Waals surface area contributed by atoms with Gasteiger partial charge in [0.15, 0.2) is 11.9 Å². The number of aliphatic hydroxyl groups is 1. The number of aliphatic hydroxyl groups excluding tert-OH is 1. The zero-order chi connectivity index (χ0) is 27.3. The van der Waals surface area contributed by atoms with Crippen molar-refractivity contribution in [3.05, 3.63) is 74.6 Å². The van der Waals surface area contributed by atoms with Gasteiger partial charge in [0.1, 0.15) is 13.2 Å². The molecule has 0 fully saturated rings. The first-order valence-corrected chi connectivity index (χ1v) is 11.3. The van der Waals surface area contributed by atoms with E-state index < -0.39 is 49.1 Å². The van der Waals surface area contributed by atoms with Crippen molar-refractivity contribution < 1.29 is 32.6 Å². The van der Waals surface area contributed by atoms with Gasteiger partial charge in [-0.1, -0.05) is 35.3 Å². The molecule has 0 aliphatic carbocycles. The Labute approximate surface area is 217 Å². The van der Waals surface area contributed by atoms with Crippen molar-refractivity contribution in [3.63, 3.8) is 0 Å². The van der Waals surface area contributed by atoms with Crippen molar-refractivity contribution in [1.29, 1.82) is 0 Å². The van der Waals surface area contributed by atoms with Crippen LogP contribution in [-0.4, -0.2) is 50.3 Å². The van der Waals surface area contributed by atoms with E-state index in [2.05, 4.69) is 10.4 Å². The van der Waals surface area contributed by atoms with Gasteiger partial charge in [0.25, 0.3) is 0 Å². The molecule has 0 aliphatic heterocycles. The number of nitrogens with two attached hydrogens (primary N) is 1. The molecule has 1 aromatic heterocycles. The third kappa shape index (κ3) is 7.47. The Morgan fingerprint density at radius 1 is 1.14 bits per heavy atom. The molecule has 0 radical (unpaired) electrons. The van der Waals surface area contributed by atoms with E-state index in [1.807, 2.05) is 0 Å². The molecular formula is C22H20Cl2F3N5O5. The average Bonchev–Trinajstić information content (AvgIpc) is 3.11. The number of hydrogen-bond donors (Lipinski definition) is 3. The van der Waals surface area contributed by atoms with E-state index in [4.69, 9.17) is 33.7 Å². The van der Waals surface area contributed by atoms with E-state index in [-0.39, 0.29) is 18.0 Å². The molecule has 2 amide bonds. The molecule has 0 saturated carbocycles. The highest BCUT2D eigenvalue weighted by molar-refractivity contribution is 6.30. The lowest BCUT2D eigenvalue weighted by Gasteiger charge is -2.19. The topological polar surface area (TPSA) is 141 Å². The second kappa shape index (κ2) is 11.7. The van der Waals surface area contributed by atoms with Gasteiger partial charge in [-0.3, -0.25) is 9.36 Å². The summed E-state index contributed by atoms with van der Waals surface area (Å²) in [5.74, 6) is -1.01. The van der Waals surface area contributed by atoms with Gasteiger partial charge in [-0.25, -0.2) is 14.3 Å². The van der Waals surface area contributed by atoms with E-state index in [0.717, 1.165) is 0 Å². The first-order valence-electron chi connectivity index (χ1n) is 10.5. The Morgan fingerprint density at radius 3 is 2.41 bits per heavy atom. The average molecular weight is 562 g/mol. The fourth-order valence-corrected chi connectivity index (χ4v) is 3.61. The Hall–Kier alpha value is -3.55. The van der Waals surface area contributed by atoms with Crippen molar-refractivity contribution >= 4 is 35.2 Å². The normalized spacial score (nSPS) is 13.1. The Morgan fingerprint density at radius 2 is 1.81 bits per heavy atom. The number of ether oxygens (including phenoxy) is 1. The molecule has 4 N–H and O–H groups in total. The second-order valence-electron chi connectivity index (χ2n) is 7.74. The molecule has 2 atom stereocenters. The molecule has 0 spiro atoms. The molecule has 10 nitrogen and oxygen atoms in total. The van der Waals surface area contributed by atoms with Gasteiger partial charge in [-0.2, -0.15) is 13.2 Å². The summed E-state index contributed by atoms with van der Waals surface area (Å²) in [6.45, 7) is -2.22. The van der Waals surface area contributed by atoms with Crippen LogP contribution in [0.5, 0.6) is 0 Å². The number of halogens is 5. The number of amides is 2. The van der Waals surface area contributed by atoms with Crippen molar-refractivity contribution in [3.8, 4) is 11.4 Å². The minimum Gasteiger partial charge on any atom is -0.447 e. The molecule has 0 bridgehead atoms. The van der Waals surface area contributed by atoms with Crippen LogP contribution in [0.1, 0.15) is 11.6 Å². The second-order valence-corrected chi connectivity index (χ2v) is 8.62. The number of carbonyl (C=O) groups excluding carboxylic acids is 2. The maximum atomic E-state index is 13.0. The number of rotatable bonds is 9. The summed E-state index contributed by atoms with van der Waals surface area (Å²) >= 11 is 11.8. The van der Waals surface area contributed by atoms with Gasteiger partial charge in [-0.15, -0.1) is 5.10 Å². The van der Waals surface area contributed by atoms with Gasteiger partial charge < -0.3 is 20.9 Å². The Bertz CT molecular complexity index is 1330. The molecule has 198 valence electrons. The predicted molar refractivity (Wildman–Crippen MR) is 127 cm³/mol. The molecule has 2 aromatic carbocycles. The van der Waals surface area contributed by atoms with Gasteiger partial charge >= 0.3 is 18.0 Å². The number of carbonyl (C=O) groups is 2. The number of nitrogens with one attached hydrogen (secondary N) is 1. The number of alkyl halides is 3. The molecule has 3 aromatic rings. The largest absolute Gasteiger partial charge is 0.447 e. The van der Waals surface area contributed by atoms with E-state index >= 15 is 0 Å². The van der Waals surface area contributed by atoms with Crippen molar-refractivity contribution in [2.45, 2.75) is 31.4 Å². The number of hydrogen-bond acceptors (Lipinski definition) is 6. The fraction of sp³-hybridized carbons (Fsp3) is 0.273. The fourth-order valence-electron chi connectivity index (χ4n) is 3.28. The molecule has 0 aliphatic rings. The minimum atomic E-state index is -5.00. The van der Waals surface area contributed by atoms with Crippen LogP contribution >= 0.6 is 23.2 Å². The van der Waals surface area contributed by atoms with Gasteiger partial charge in [0, 0.05) is 15.6 Å². The third-order valence-corrected chi connectivity index (χ3v) is 5.52. The maximum Gasteiger partial charge on any atom is 0.416 e. The molecule has 15 heteroatoms. The summed E-state index contributed by atoms with van der Waals surface area (Å²) in [6.07, 6.45) is -8.95.